The highest BCUT2D eigenvalue weighted by molar-refractivity contribution is 6.28. The first-order valence-corrected chi connectivity index (χ1v) is 18.2. The van der Waals surface area contributed by atoms with Crippen LogP contribution in [-0.2, 0) is 10.1 Å². The van der Waals surface area contributed by atoms with Gasteiger partial charge in [0.05, 0.1) is 7.32 Å². The van der Waals surface area contributed by atoms with Gasteiger partial charge in [0.25, 0.3) is 0 Å². The maximum atomic E-state index is 10.7. The Morgan fingerprint density at radius 2 is 0.827 bits per heavy atom. The summed E-state index contributed by atoms with van der Waals surface area (Å²) in [5.74, 6) is 0. The topological polar surface area (TPSA) is 81.6 Å². The maximum absolute atomic E-state index is 10.7. The summed E-state index contributed by atoms with van der Waals surface area (Å²) in [5.41, 5.74) is 13.0. The van der Waals surface area contributed by atoms with Crippen LogP contribution in [0.25, 0.3) is 0 Å². The van der Waals surface area contributed by atoms with Crippen LogP contribution in [0.15, 0.2) is 103 Å². The molecule has 0 aliphatic rings. The van der Waals surface area contributed by atoms with E-state index in [4.69, 9.17) is 14.3 Å². The summed E-state index contributed by atoms with van der Waals surface area (Å²) >= 11 is 0. The van der Waals surface area contributed by atoms with Gasteiger partial charge in [0.2, 0.25) is 22.8 Å². The third-order valence-corrected chi connectivity index (χ3v) is 9.63. The van der Waals surface area contributed by atoms with E-state index in [0.717, 1.165) is 6.42 Å². The Morgan fingerprint density at radius 3 is 1.10 bits per heavy atom. The van der Waals surface area contributed by atoms with Crippen LogP contribution in [-0.4, -0.2) is 27.1 Å². The molecule has 52 heavy (non-hydrogen) atoms. The number of aryl methyl sites for hydroxylation is 4. The summed E-state index contributed by atoms with van der Waals surface area (Å²) in [4.78, 5) is 11.1. The maximum Gasteiger partial charge on any atom is 0.234 e. The number of pyridine rings is 2. The fraction of sp³-hybridized carbons (Fsp3) is 0.364. The minimum atomic E-state index is -2.23. The molecule has 0 aliphatic carbocycles. The second-order valence-corrected chi connectivity index (χ2v) is 13.1. The molecule has 0 aliphatic heterocycles. The van der Waals surface area contributed by atoms with Gasteiger partial charge in [-0.1, -0.05) is 91.0 Å². The third kappa shape index (κ3) is 10.8. The average Bonchev–Trinajstić information content (AvgIpc) is 3.15. The second-order valence-electron chi connectivity index (χ2n) is 13.1. The van der Waals surface area contributed by atoms with Crippen molar-refractivity contribution in [2.75, 3.05) is 19.8 Å². The van der Waals surface area contributed by atoms with Crippen LogP contribution in [0.4, 0.5) is 0 Å². The van der Waals surface area contributed by atoms with Gasteiger partial charge in [-0.15, -0.1) is 0 Å². The van der Waals surface area contributed by atoms with Crippen molar-refractivity contribution >= 4 is 7.32 Å². The second kappa shape index (κ2) is 20.5. The molecule has 7 nitrogen and oxygen atoms in total. The number of aromatic nitrogens is 2. The molecule has 0 saturated heterocycles. The number of hydrogen-bond acceptors (Lipinski definition) is 5. The Hall–Kier alpha value is -4.50. The summed E-state index contributed by atoms with van der Waals surface area (Å²) < 4.78 is 8.58. The van der Waals surface area contributed by atoms with Crippen molar-refractivity contribution in [1.82, 2.24) is 0 Å². The first-order valence-electron chi connectivity index (χ1n) is 18.2. The zero-order valence-electron chi connectivity index (χ0n) is 32.9. The van der Waals surface area contributed by atoms with Gasteiger partial charge in [0, 0.05) is 71.4 Å². The minimum Gasteiger partial charge on any atom is -0.871 e. The Labute approximate surface area is 312 Å². The molecule has 3 aromatic carbocycles. The van der Waals surface area contributed by atoms with Crippen molar-refractivity contribution in [1.29, 1.82) is 0 Å². The fourth-order valence-corrected chi connectivity index (χ4v) is 6.47. The third-order valence-electron chi connectivity index (χ3n) is 9.63. The lowest BCUT2D eigenvalue weighted by Gasteiger charge is -2.37. The molecular formula is C44H57BN2O5. The smallest absolute Gasteiger partial charge is 0.234 e. The summed E-state index contributed by atoms with van der Waals surface area (Å²) in [6.45, 7) is 22.3. The number of rotatable bonds is 12. The molecular weight excluding hydrogens is 647 g/mol. The first kappa shape index (κ1) is 41.9. The van der Waals surface area contributed by atoms with E-state index in [1.54, 1.807) is 0 Å². The Balaban J connectivity index is 0.000000235. The van der Waals surface area contributed by atoms with Crippen molar-refractivity contribution < 1.29 is 33.8 Å². The molecule has 0 amide bonds. The normalized spacial score (nSPS) is 10.8. The molecule has 276 valence electrons. The molecule has 0 fully saturated rings. The monoisotopic (exact) mass is 704 g/mol. The molecule has 0 spiro atoms. The first-order chi connectivity index (χ1) is 24.9. The van der Waals surface area contributed by atoms with Gasteiger partial charge in [-0.25, -0.2) is 0 Å². The van der Waals surface area contributed by atoms with Crippen molar-refractivity contribution in [2.45, 2.75) is 87.5 Å². The highest BCUT2D eigenvalue weighted by Crippen LogP contribution is 2.43. The van der Waals surface area contributed by atoms with Crippen molar-refractivity contribution in [2.24, 2.45) is 0 Å². The van der Waals surface area contributed by atoms with E-state index >= 15 is 0 Å². The van der Waals surface area contributed by atoms with Crippen LogP contribution in [0.1, 0.15) is 88.4 Å². The van der Waals surface area contributed by atoms with Crippen LogP contribution in [0, 0.1) is 55.4 Å². The number of nitrogens with zero attached hydrogens (tertiary/aromatic N) is 2. The SMILES string of the molecule is CCO[n+]1c(C)c(C)cc(C)c1C.CCO[n+]1c(C)c(C)cc(C)c1C.[O-]B([O-])OCCCC(c1ccccc1)(c1ccccc1)c1ccccc1. The van der Waals surface area contributed by atoms with Gasteiger partial charge in [0.1, 0.15) is 0 Å². The van der Waals surface area contributed by atoms with Gasteiger partial charge in [0.15, 0.2) is 13.2 Å². The molecule has 5 aromatic rings. The van der Waals surface area contributed by atoms with Crippen LogP contribution in [0.5, 0.6) is 0 Å². The molecule has 0 bridgehead atoms. The molecule has 2 aromatic heterocycles. The van der Waals surface area contributed by atoms with Gasteiger partial charge < -0.3 is 14.7 Å². The molecule has 0 saturated carbocycles. The van der Waals surface area contributed by atoms with Crippen LogP contribution in [0.2, 0.25) is 0 Å². The van der Waals surface area contributed by atoms with Crippen LogP contribution in [0.3, 0.4) is 0 Å². The molecule has 0 atom stereocenters. The van der Waals surface area contributed by atoms with E-state index in [1.807, 2.05) is 77.9 Å². The predicted molar refractivity (Wildman–Crippen MR) is 206 cm³/mol. The summed E-state index contributed by atoms with van der Waals surface area (Å²) in [6.07, 6.45) is 1.34. The van der Waals surface area contributed by atoms with Gasteiger partial charge in [-0.05, 0) is 83.2 Å². The van der Waals surface area contributed by atoms with E-state index in [2.05, 4.69) is 104 Å². The zero-order chi connectivity index (χ0) is 38.3. The van der Waals surface area contributed by atoms with E-state index in [-0.39, 0.29) is 12.0 Å². The molecule has 0 unspecified atom stereocenters. The zero-order valence-corrected chi connectivity index (χ0v) is 32.9. The molecule has 0 N–H and O–H groups in total. The number of hydrogen-bond donors (Lipinski definition) is 0. The standard InChI is InChI=1S/C22H21BO3.2C11H18NO/c24-23(25)26-18-10-17-22(19-11-4-1-5-12-19,20-13-6-2-7-14-20)21-15-8-3-9-16-21;2*1-6-13-12-10(4)8(2)7-9(3)11(12)5/h1-9,11-16H,10,17-18H2;2*7H,6H2,1-5H3/q-2;2*+1. The average molecular weight is 705 g/mol. The van der Waals surface area contributed by atoms with E-state index in [1.165, 1.54) is 61.7 Å². The molecule has 8 heteroatoms. The Kier molecular flexibility index (Phi) is 16.5. The van der Waals surface area contributed by atoms with E-state index < -0.39 is 7.32 Å². The summed E-state index contributed by atoms with van der Waals surface area (Å²) in [6, 6.07) is 35.4. The van der Waals surface area contributed by atoms with Crippen molar-refractivity contribution in [3.05, 3.63) is 165 Å². The lowest BCUT2D eigenvalue weighted by atomic mass is 9.67. The quantitative estimate of drug-likeness (QED) is 0.0707. The van der Waals surface area contributed by atoms with Gasteiger partial charge in [-0.3, -0.25) is 9.68 Å². The predicted octanol–water partition coefficient (Wildman–Crippen LogP) is 5.84. The largest absolute Gasteiger partial charge is 0.871 e. The minimum absolute atomic E-state index is 0.159. The van der Waals surface area contributed by atoms with E-state index in [9.17, 15) is 10.0 Å². The number of benzene rings is 3. The van der Waals surface area contributed by atoms with Crippen LogP contribution >= 0.6 is 0 Å². The van der Waals surface area contributed by atoms with Gasteiger partial charge in [-0.2, -0.15) is 0 Å². The highest BCUT2D eigenvalue weighted by Gasteiger charge is 2.35. The fourth-order valence-electron chi connectivity index (χ4n) is 6.47. The lowest BCUT2D eigenvalue weighted by molar-refractivity contribution is -0.899. The molecule has 0 radical (unpaired) electrons. The summed E-state index contributed by atoms with van der Waals surface area (Å²) in [7, 11) is -2.23. The Morgan fingerprint density at radius 1 is 0.519 bits per heavy atom. The van der Waals surface area contributed by atoms with Gasteiger partial charge >= 0.3 is 0 Å². The highest BCUT2D eigenvalue weighted by atomic mass is 16.7. The summed E-state index contributed by atoms with van der Waals surface area (Å²) in [5, 5.41) is 21.4. The van der Waals surface area contributed by atoms with Crippen molar-refractivity contribution in [3.63, 3.8) is 0 Å². The lowest BCUT2D eigenvalue weighted by Crippen LogP contribution is -2.49. The van der Waals surface area contributed by atoms with Crippen LogP contribution < -0.4 is 29.2 Å². The Bertz CT molecular complexity index is 1600. The molecule has 5 rings (SSSR count). The van der Waals surface area contributed by atoms with E-state index in [0.29, 0.717) is 19.6 Å². The molecule has 2 heterocycles. The van der Waals surface area contributed by atoms with Crippen molar-refractivity contribution in [3.8, 4) is 0 Å².